The number of carbonyl (C=O) groups is 1. The summed E-state index contributed by atoms with van der Waals surface area (Å²) in [6.45, 7) is 8.00. The fourth-order valence-electron chi connectivity index (χ4n) is 3.29. The molecule has 7 heteroatoms. The first-order chi connectivity index (χ1) is 12.3. The van der Waals surface area contributed by atoms with Gasteiger partial charge in [0.1, 0.15) is 5.82 Å². The molecule has 0 atom stereocenters. The van der Waals surface area contributed by atoms with Gasteiger partial charge in [-0.2, -0.15) is 5.10 Å². The number of hydrogen-bond acceptors (Lipinski definition) is 4. The van der Waals surface area contributed by atoms with E-state index in [0.29, 0.717) is 17.1 Å². The van der Waals surface area contributed by atoms with Crippen LogP contribution >= 0.6 is 0 Å². The number of anilines is 1. The standard InChI is InChI=1S/C19H25N3O3S/c1-5-14(6-2)19(23)20-18-16-10-26(24,25)11-17(16)21-22(18)15-8-7-12(3)13(4)9-15/h7-9,14H,5-6,10-11H2,1-4H3,(H,20,23). The summed E-state index contributed by atoms with van der Waals surface area (Å²) in [5.41, 5.74) is 4.24. The molecule has 1 N–H and O–H groups in total. The Morgan fingerprint density at radius 3 is 2.50 bits per heavy atom. The molecule has 1 aromatic heterocycles. The van der Waals surface area contributed by atoms with Crippen LogP contribution in [0.3, 0.4) is 0 Å². The van der Waals surface area contributed by atoms with Crippen molar-refractivity contribution in [2.75, 3.05) is 5.32 Å². The van der Waals surface area contributed by atoms with E-state index in [4.69, 9.17) is 0 Å². The highest BCUT2D eigenvalue weighted by Crippen LogP contribution is 2.33. The summed E-state index contributed by atoms with van der Waals surface area (Å²) in [6, 6.07) is 5.94. The van der Waals surface area contributed by atoms with Crippen molar-refractivity contribution in [2.45, 2.75) is 52.0 Å². The van der Waals surface area contributed by atoms with Crippen molar-refractivity contribution in [1.29, 1.82) is 0 Å². The minimum Gasteiger partial charge on any atom is -0.310 e. The summed E-state index contributed by atoms with van der Waals surface area (Å²) >= 11 is 0. The van der Waals surface area contributed by atoms with Gasteiger partial charge in [-0.15, -0.1) is 0 Å². The Balaban J connectivity index is 2.08. The minimum absolute atomic E-state index is 0.0754. The van der Waals surface area contributed by atoms with Crippen LogP contribution < -0.4 is 5.32 Å². The summed E-state index contributed by atoms with van der Waals surface area (Å²) in [5.74, 6) is 0.139. The normalized spacial score (nSPS) is 15.3. The number of benzene rings is 1. The molecule has 1 aromatic carbocycles. The molecule has 26 heavy (non-hydrogen) atoms. The molecule has 2 heterocycles. The molecular weight excluding hydrogens is 350 g/mol. The van der Waals surface area contributed by atoms with Crippen molar-refractivity contribution in [3.8, 4) is 5.69 Å². The van der Waals surface area contributed by atoms with Crippen LogP contribution in [0.2, 0.25) is 0 Å². The number of nitrogens with zero attached hydrogens (tertiary/aromatic N) is 2. The minimum atomic E-state index is -3.19. The number of amides is 1. The van der Waals surface area contributed by atoms with Crippen molar-refractivity contribution in [3.05, 3.63) is 40.6 Å². The fraction of sp³-hybridized carbons (Fsp3) is 0.474. The largest absolute Gasteiger partial charge is 0.310 e. The van der Waals surface area contributed by atoms with Crippen LogP contribution in [-0.4, -0.2) is 24.1 Å². The van der Waals surface area contributed by atoms with Crippen LogP contribution in [0.1, 0.15) is 49.1 Å². The van der Waals surface area contributed by atoms with Crippen molar-refractivity contribution in [3.63, 3.8) is 0 Å². The Morgan fingerprint density at radius 1 is 1.19 bits per heavy atom. The van der Waals surface area contributed by atoms with Gasteiger partial charge in [0.25, 0.3) is 0 Å². The molecule has 0 spiro atoms. The van der Waals surface area contributed by atoms with E-state index < -0.39 is 9.84 Å². The number of nitrogens with one attached hydrogen (secondary N) is 1. The SMILES string of the molecule is CCC(CC)C(=O)Nc1c2c(nn1-c1ccc(C)c(C)c1)CS(=O)(=O)C2. The number of rotatable bonds is 5. The van der Waals surface area contributed by atoms with E-state index in [0.717, 1.165) is 24.1 Å². The highest BCUT2D eigenvalue weighted by Gasteiger charge is 2.33. The van der Waals surface area contributed by atoms with E-state index in [1.165, 1.54) is 5.56 Å². The van der Waals surface area contributed by atoms with E-state index in [1.54, 1.807) is 4.68 Å². The lowest BCUT2D eigenvalue weighted by Crippen LogP contribution is -2.24. The molecule has 0 fully saturated rings. The molecule has 2 aromatic rings. The van der Waals surface area contributed by atoms with E-state index >= 15 is 0 Å². The average molecular weight is 375 g/mol. The maximum absolute atomic E-state index is 12.6. The van der Waals surface area contributed by atoms with E-state index in [2.05, 4.69) is 10.4 Å². The molecule has 0 bridgehead atoms. The number of fused-ring (bicyclic) bond motifs is 1. The molecule has 0 radical (unpaired) electrons. The van der Waals surface area contributed by atoms with Gasteiger partial charge in [-0.25, -0.2) is 13.1 Å². The molecule has 3 rings (SSSR count). The highest BCUT2D eigenvalue weighted by molar-refractivity contribution is 7.90. The van der Waals surface area contributed by atoms with Gasteiger partial charge in [0.15, 0.2) is 9.84 Å². The van der Waals surface area contributed by atoms with Crippen LogP contribution in [0, 0.1) is 19.8 Å². The van der Waals surface area contributed by atoms with E-state index in [9.17, 15) is 13.2 Å². The Hall–Kier alpha value is -2.15. The Morgan fingerprint density at radius 2 is 1.88 bits per heavy atom. The lowest BCUT2D eigenvalue weighted by Gasteiger charge is -2.16. The summed E-state index contributed by atoms with van der Waals surface area (Å²) in [6.07, 6.45) is 1.47. The number of aryl methyl sites for hydroxylation is 2. The lowest BCUT2D eigenvalue weighted by atomic mass is 10.0. The molecule has 1 aliphatic heterocycles. The number of carbonyl (C=O) groups excluding carboxylic acids is 1. The second-order valence-electron chi connectivity index (χ2n) is 6.99. The summed E-state index contributed by atoms with van der Waals surface area (Å²) in [5, 5.41) is 7.47. The van der Waals surface area contributed by atoms with Gasteiger partial charge in [0.05, 0.1) is 22.9 Å². The van der Waals surface area contributed by atoms with Crippen LogP contribution in [0.4, 0.5) is 5.82 Å². The van der Waals surface area contributed by atoms with Gasteiger partial charge in [0.2, 0.25) is 5.91 Å². The third-order valence-corrected chi connectivity index (χ3v) is 6.56. The van der Waals surface area contributed by atoms with Gasteiger partial charge >= 0.3 is 0 Å². The van der Waals surface area contributed by atoms with Gasteiger partial charge in [-0.1, -0.05) is 19.9 Å². The van der Waals surface area contributed by atoms with Crippen molar-refractivity contribution >= 4 is 21.6 Å². The third-order valence-electron chi connectivity index (χ3n) is 5.12. The predicted octanol–water partition coefficient (Wildman–Crippen LogP) is 3.29. The zero-order valence-corrected chi connectivity index (χ0v) is 16.5. The first-order valence-electron chi connectivity index (χ1n) is 8.95. The predicted molar refractivity (Wildman–Crippen MR) is 102 cm³/mol. The van der Waals surface area contributed by atoms with Gasteiger partial charge in [-0.3, -0.25) is 4.79 Å². The number of aromatic nitrogens is 2. The zero-order chi connectivity index (χ0) is 19.1. The van der Waals surface area contributed by atoms with Crippen molar-refractivity contribution in [1.82, 2.24) is 9.78 Å². The Bertz CT molecular complexity index is 957. The van der Waals surface area contributed by atoms with Crippen LogP contribution in [-0.2, 0) is 26.1 Å². The third kappa shape index (κ3) is 3.40. The second-order valence-corrected chi connectivity index (χ2v) is 9.05. The molecule has 140 valence electrons. The quantitative estimate of drug-likeness (QED) is 0.869. The molecule has 6 nitrogen and oxygen atoms in total. The maximum Gasteiger partial charge on any atom is 0.228 e. The van der Waals surface area contributed by atoms with Crippen LogP contribution in [0.15, 0.2) is 18.2 Å². The molecule has 0 unspecified atom stereocenters. The highest BCUT2D eigenvalue weighted by atomic mass is 32.2. The average Bonchev–Trinajstić information content (AvgIpc) is 3.04. The fourth-order valence-corrected chi connectivity index (χ4v) is 4.79. The summed E-state index contributed by atoms with van der Waals surface area (Å²) in [7, 11) is -3.19. The molecule has 1 amide bonds. The number of hydrogen-bond donors (Lipinski definition) is 1. The van der Waals surface area contributed by atoms with Gasteiger partial charge in [-0.05, 0) is 49.9 Å². The van der Waals surface area contributed by atoms with Crippen LogP contribution in [0.5, 0.6) is 0 Å². The van der Waals surface area contributed by atoms with E-state index in [-0.39, 0.29) is 23.3 Å². The molecule has 0 saturated carbocycles. The molecular formula is C19H25N3O3S. The molecule has 1 aliphatic rings. The lowest BCUT2D eigenvalue weighted by molar-refractivity contribution is -0.120. The molecule has 0 saturated heterocycles. The first-order valence-corrected chi connectivity index (χ1v) is 10.8. The Labute approximate surface area is 154 Å². The van der Waals surface area contributed by atoms with E-state index in [1.807, 2.05) is 45.9 Å². The topological polar surface area (TPSA) is 81.1 Å². The van der Waals surface area contributed by atoms with Crippen molar-refractivity contribution < 1.29 is 13.2 Å². The van der Waals surface area contributed by atoms with Gasteiger partial charge < -0.3 is 5.32 Å². The maximum atomic E-state index is 12.6. The van der Waals surface area contributed by atoms with Crippen LogP contribution in [0.25, 0.3) is 5.69 Å². The first kappa shape index (κ1) is 18.6. The Kier molecular flexibility index (Phi) is 4.92. The summed E-state index contributed by atoms with van der Waals surface area (Å²) in [4.78, 5) is 12.6. The second kappa shape index (κ2) is 6.87. The zero-order valence-electron chi connectivity index (χ0n) is 15.7. The van der Waals surface area contributed by atoms with Crippen molar-refractivity contribution in [2.24, 2.45) is 5.92 Å². The number of sulfone groups is 1. The monoisotopic (exact) mass is 375 g/mol. The van der Waals surface area contributed by atoms with Gasteiger partial charge in [0, 0.05) is 11.5 Å². The summed E-state index contributed by atoms with van der Waals surface area (Å²) < 4.78 is 25.7. The molecule has 0 aliphatic carbocycles. The smallest absolute Gasteiger partial charge is 0.228 e.